The predicted octanol–water partition coefficient (Wildman–Crippen LogP) is 4.36. The minimum absolute atomic E-state index is 0.0540. The van der Waals surface area contributed by atoms with Crippen LogP contribution < -0.4 is 11.1 Å². The SMILES string of the molecule is CC(C)(C)c1cnc(CSc2cnc(NC(=O)Cc3cccc(CN)c3)s2)o1. The van der Waals surface area contributed by atoms with Gasteiger partial charge in [0.2, 0.25) is 11.8 Å². The number of hydrogen-bond acceptors (Lipinski definition) is 7. The number of nitrogens with two attached hydrogens (primary N) is 1. The first-order valence-electron chi connectivity index (χ1n) is 8.95. The van der Waals surface area contributed by atoms with E-state index in [9.17, 15) is 4.79 Å². The molecule has 0 saturated carbocycles. The van der Waals surface area contributed by atoms with Gasteiger partial charge in [0, 0.05) is 12.0 Å². The van der Waals surface area contributed by atoms with Crippen LogP contribution >= 0.6 is 23.1 Å². The molecule has 0 atom stereocenters. The number of rotatable bonds is 7. The van der Waals surface area contributed by atoms with Crippen molar-refractivity contribution < 1.29 is 9.21 Å². The molecule has 1 aromatic carbocycles. The second-order valence-corrected chi connectivity index (χ2v) is 9.70. The van der Waals surface area contributed by atoms with Crippen molar-refractivity contribution in [2.45, 2.75) is 49.1 Å². The van der Waals surface area contributed by atoms with E-state index in [1.807, 2.05) is 24.3 Å². The monoisotopic (exact) mass is 416 g/mol. The summed E-state index contributed by atoms with van der Waals surface area (Å²) in [5.41, 5.74) is 7.54. The Morgan fingerprint density at radius 1 is 1.25 bits per heavy atom. The average molecular weight is 417 g/mol. The molecule has 1 amide bonds. The number of nitrogens with zero attached hydrogens (tertiary/aromatic N) is 2. The summed E-state index contributed by atoms with van der Waals surface area (Å²) in [6.45, 7) is 6.74. The Hall–Kier alpha value is -2.16. The molecule has 0 aliphatic rings. The number of carbonyl (C=O) groups excluding carboxylic acids is 1. The Bertz CT molecular complexity index is 944. The molecule has 3 aromatic rings. The number of aromatic nitrogens is 2. The number of carbonyl (C=O) groups is 1. The molecule has 2 aromatic heterocycles. The van der Waals surface area contributed by atoms with Crippen LogP contribution in [0.25, 0.3) is 0 Å². The first-order chi connectivity index (χ1) is 13.3. The van der Waals surface area contributed by atoms with Gasteiger partial charge >= 0.3 is 0 Å². The van der Waals surface area contributed by atoms with E-state index in [1.54, 1.807) is 24.2 Å². The van der Waals surface area contributed by atoms with E-state index in [1.165, 1.54) is 11.3 Å². The van der Waals surface area contributed by atoms with Crippen LogP contribution in [-0.2, 0) is 28.9 Å². The number of oxazole rings is 1. The maximum absolute atomic E-state index is 12.3. The van der Waals surface area contributed by atoms with E-state index in [2.05, 4.69) is 36.1 Å². The molecular weight excluding hydrogens is 392 g/mol. The lowest BCUT2D eigenvalue weighted by Gasteiger charge is -2.12. The van der Waals surface area contributed by atoms with Crippen LogP contribution in [0.4, 0.5) is 5.13 Å². The molecule has 3 rings (SSSR count). The van der Waals surface area contributed by atoms with Gasteiger partial charge < -0.3 is 15.5 Å². The molecule has 0 spiro atoms. The van der Waals surface area contributed by atoms with Crippen molar-refractivity contribution in [2.24, 2.45) is 5.73 Å². The van der Waals surface area contributed by atoms with E-state index in [-0.39, 0.29) is 11.3 Å². The summed E-state index contributed by atoms with van der Waals surface area (Å²) in [6.07, 6.45) is 3.84. The summed E-state index contributed by atoms with van der Waals surface area (Å²) in [4.78, 5) is 20.9. The molecule has 8 heteroatoms. The molecule has 0 aliphatic carbocycles. The fourth-order valence-electron chi connectivity index (χ4n) is 2.46. The second-order valence-electron chi connectivity index (χ2n) is 7.39. The number of thioether (sulfide) groups is 1. The highest BCUT2D eigenvalue weighted by Gasteiger charge is 2.19. The van der Waals surface area contributed by atoms with E-state index in [0.717, 1.165) is 21.1 Å². The Kier molecular flexibility index (Phi) is 6.53. The first kappa shape index (κ1) is 20.6. The minimum Gasteiger partial charge on any atom is -0.444 e. The zero-order valence-electron chi connectivity index (χ0n) is 16.2. The molecule has 0 saturated heterocycles. The van der Waals surface area contributed by atoms with Crippen LogP contribution in [0.15, 0.2) is 45.3 Å². The van der Waals surface area contributed by atoms with E-state index in [0.29, 0.717) is 29.7 Å². The minimum atomic E-state index is -0.0948. The van der Waals surface area contributed by atoms with Gasteiger partial charge in [-0.05, 0) is 11.1 Å². The van der Waals surface area contributed by atoms with Crippen LogP contribution in [0.3, 0.4) is 0 Å². The quantitative estimate of drug-likeness (QED) is 0.556. The third kappa shape index (κ3) is 5.67. The van der Waals surface area contributed by atoms with Crippen molar-refractivity contribution in [3.63, 3.8) is 0 Å². The molecule has 0 aliphatic heterocycles. The van der Waals surface area contributed by atoms with E-state index in [4.69, 9.17) is 10.2 Å². The molecule has 148 valence electrons. The fourth-order valence-corrected chi connectivity index (χ4v) is 4.20. The first-order valence-corrected chi connectivity index (χ1v) is 10.8. The highest BCUT2D eigenvalue weighted by Crippen LogP contribution is 2.31. The van der Waals surface area contributed by atoms with Crippen molar-refractivity contribution in [1.82, 2.24) is 9.97 Å². The van der Waals surface area contributed by atoms with E-state index < -0.39 is 0 Å². The van der Waals surface area contributed by atoms with Crippen molar-refractivity contribution >= 4 is 34.1 Å². The number of anilines is 1. The predicted molar refractivity (Wildman–Crippen MR) is 114 cm³/mol. The zero-order valence-corrected chi connectivity index (χ0v) is 17.8. The lowest BCUT2D eigenvalue weighted by atomic mass is 9.94. The Balaban J connectivity index is 1.52. The standard InChI is InChI=1S/C20H24N4O2S2/c1-20(2,3)15-10-22-17(26-15)12-27-18-11-23-19(28-18)24-16(25)8-13-5-4-6-14(7-13)9-21/h4-7,10-11H,8-9,12,21H2,1-3H3,(H,23,24,25). The summed E-state index contributed by atoms with van der Waals surface area (Å²) >= 11 is 3.03. The lowest BCUT2D eigenvalue weighted by molar-refractivity contribution is -0.115. The van der Waals surface area contributed by atoms with Gasteiger partial charge in [0.15, 0.2) is 5.13 Å². The molecule has 0 radical (unpaired) electrons. The summed E-state index contributed by atoms with van der Waals surface area (Å²) in [5, 5.41) is 3.44. The normalized spacial score (nSPS) is 11.6. The van der Waals surface area contributed by atoms with Crippen molar-refractivity contribution in [3.8, 4) is 0 Å². The topological polar surface area (TPSA) is 94.0 Å². The van der Waals surface area contributed by atoms with Gasteiger partial charge in [-0.1, -0.05) is 56.4 Å². The molecular formula is C20H24N4O2S2. The third-order valence-electron chi connectivity index (χ3n) is 3.95. The second kappa shape index (κ2) is 8.89. The number of hydrogen-bond donors (Lipinski definition) is 2. The van der Waals surface area contributed by atoms with Gasteiger partial charge in [0.05, 0.1) is 28.8 Å². The summed E-state index contributed by atoms with van der Waals surface area (Å²) in [7, 11) is 0. The van der Waals surface area contributed by atoms with Gasteiger partial charge in [-0.2, -0.15) is 0 Å². The van der Waals surface area contributed by atoms with Crippen LogP contribution in [-0.4, -0.2) is 15.9 Å². The molecule has 3 N–H and O–H groups in total. The van der Waals surface area contributed by atoms with Gasteiger partial charge in [-0.3, -0.25) is 4.79 Å². The van der Waals surface area contributed by atoms with Gasteiger partial charge in [-0.25, -0.2) is 9.97 Å². The van der Waals surface area contributed by atoms with Gasteiger partial charge in [-0.15, -0.1) is 11.8 Å². The van der Waals surface area contributed by atoms with Crippen LogP contribution in [0, 0.1) is 0 Å². The van der Waals surface area contributed by atoms with Crippen molar-refractivity contribution in [2.75, 3.05) is 5.32 Å². The fraction of sp³-hybridized carbons (Fsp3) is 0.350. The molecule has 0 fully saturated rings. The molecule has 6 nitrogen and oxygen atoms in total. The molecule has 0 bridgehead atoms. The highest BCUT2D eigenvalue weighted by molar-refractivity contribution is 8.00. The smallest absolute Gasteiger partial charge is 0.230 e. The Labute approximate surface area is 173 Å². The summed E-state index contributed by atoms with van der Waals surface area (Å²) < 4.78 is 6.80. The number of nitrogens with one attached hydrogen (secondary N) is 1. The summed E-state index contributed by atoms with van der Waals surface area (Å²) in [5.74, 6) is 2.09. The number of thiazole rings is 1. The summed E-state index contributed by atoms with van der Waals surface area (Å²) in [6, 6.07) is 7.73. The van der Waals surface area contributed by atoms with E-state index >= 15 is 0 Å². The van der Waals surface area contributed by atoms with Gasteiger partial charge in [0.1, 0.15) is 5.76 Å². The molecule has 2 heterocycles. The van der Waals surface area contributed by atoms with Gasteiger partial charge in [0.25, 0.3) is 0 Å². The molecule has 0 unspecified atom stereocenters. The van der Waals surface area contributed by atoms with Crippen molar-refractivity contribution in [3.05, 3.63) is 59.4 Å². The highest BCUT2D eigenvalue weighted by atomic mass is 32.2. The average Bonchev–Trinajstić information content (AvgIpc) is 3.29. The molecule has 28 heavy (non-hydrogen) atoms. The number of amides is 1. The van der Waals surface area contributed by atoms with Crippen LogP contribution in [0.1, 0.15) is 43.5 Å². The van der Waals surface area contributed by atoms with Crippen LogP contribution in [0.2, 0.25) is 0 Å². The maximum Gasteiger partial charge on any atom is 0.230 e. The third-order valence-corrected chi connectivity index (χ3v) is 6.05. The zero-order chi connectivity index (χ0) is 20.1. The van der Waals surface area contributed by atoms with Crippen molar-refractivity contribution in [1.29, 1.82) is 0 Å². The number of benzene rings is 1. The largest absolute Gasteiger partial charge is 0.444 e. The Morgan fingerprint density at radius 2 is 2.04 bits per heavy atom. The lowest BCUT2D eigenvalue weighted by Crippen LogP contribution is -2.14. The van der Waals surface area contributed by atoms with Crippen LogP contribution in [0.5, 0.6) is 0 Å². The maximum atomic E-state index is 12.3. The Morgan fingerprint density at radius 3 is 2.75 bits per heavy atom.